The number of nitrogens with zero attached hydrogens (tertiary/aromatic N) is 3. The third-order valence-corrected chi connectivity index (χ3v) is 5.29. The van der Waals surface area contributed by atoms with Crippen LogP contribution in [-0.4, -0.2) is 39.7 Å². The fraction of sp³-hybridized carbons (Fsp3) is 0.409. The Balaban J connectivity index is 1.47. The van der Waals surface area contributed by atoms with Gasteiger partial charge in [-0.3, -0.25) is 9.78 Å². The number of aromatic nitrogens is 3. The van der Waals surface area contributed by atoms with Gasteiger partial charge in [0.25, 0.3) is 0 Å². The lowest BCUT2D eigenvalue weighted by Gasteiger charge is -2.20. The van der Waals surface area contributed by atoms with E-state index < -0.39 is 0 Å². The van der Waals surface area contributed by atoms with Crippen molar-refractivity contribution in [1.29, 1.82) is 0 Å². The third-order valence-electron chi connectivity index (χ3n) is 5.29. The van der Waals surface area contributed by atoms with Gasteiger partial charge in [-0.15, -0.1) is 0 Å². The molecule has 3 aromatic rings. The van der Waals surface area contributed by atoms with Gasteiger partial charge in [0.1, 0.15) is 12.4 Å². The van der Waals surface area contributed by atoms with Crippen molar-refractivity contribution in [2.45, 2.75) is 38.8 Å². The van der Waals surface area contributed by atoms with E-state index >= 15 is 0 Å². The van der Waals surface area contributed by atoms with Gasteiger partial charge >= 0.3 is 0 Å². The number of rotatable bonds is 6. The van der Waals surface area contributed by atoms with Crippen LogP contribution >= 0.6 is 0 Å². The average Bonchev–Trinajstić information content (AvgIpc) is 3.27. The molecule has 3 heterocycles. The number of benzene rings is 1. The average molecular weight is 378 g/mol. The van der Waals surface area contributed by atoms with Crippen LogP contribution in [0.4, 0.5) is 0 Å². The smallest absolute Gasteiger partial charge is 0.240 e. The second-order valence-electron chi connectivity index (χ2n) is 7.73. The maximum atomic E-state index is 12.9. The normalized spacial score (nSPS) is 19.4. The Morgan fingerprint density at radius 3 is 2.79 bits per heavy atom. The molecule has 0 aliphatic carbocycles. The summed E-state index contributed by atoms with van der Waals surface area (Å²) in [6.07, 6.45) is 4.48. The fourth-order valence-corrected chi connectivity index (χ4v) is 3.88. The van der Waals surface area contributed by atoms with Crippen molar-refractivity contribution < 1.29 is 9.53 Å². The van der Waals surface area contributed by atoms with Crippen molar-refractivity contribution in [2.24, 2.45) is 5.92 Å². The SMILES string of the molecule is CC(C)c1nc2ccccc2n1CC(=O)N[C@@H]1COC[C@H]1Cc1ccncc1. The Labute approximate surface area is 164 Å². The van der Waals surface area contributed by atoms with Crippen LogP contribution in [0.3, 0.4) is 0 Å². The number of ether oxygens (including phenoxy) is 1. The summed E-state index contributed by atoms with van der Waals surface area (Å²) in [5.74, 6) is 1.46. The van der Waals surface area contributed by atoms with Crippen LogP contribution in [0.5, 0.6) is 0 Å². The van der Waals surface area contributed by atoms with Crippen molar-refractivity contribution in [2.75, 3.05) is 13.2 Å². The molecule has 146 valence electrons. The second kappa shape index (κ2) is 8.10. The van der Waals surface area contributed by atoms with Crippen LogP contribution < -0.4 is 5.32 Å². The minimum absolute atomic E-state index is 0.000261. The molecule has 0 radical (unpaired) electrons. The molecule has 1 aromatic carbocycles. The van der Waals surface area contributed by atoms with E-state index in [0.29, 0.717) is 13.2 Å². The molecule has 1 aliphatic rings. The number of nitrogens with one attached hydrogen (secondary N) is 1. The molecule has 6 nitrogen and oxygen atoms in total. The highest BCUT2D eigenvalue weighted by atomic mass is 16.5. The topological polar surface area (TPSA) is 69.0 Å². The Hall–Kier alpha value is -2.73. The van der Waals surface area contributed by atoms with Gasteiger partial charge in [-0.1, -0.05) is 26.0 Å². The first kappa shape index (κ1) is 18.6. The minimum atomic E-state index is 0.000261. The Kier molecular flexibility index (Phi) is 5.39. The van der Waals surface area contributed by atoms with Gasteiger partial charge in [0, 0.05) is 24.2 Å². The van der Waals surface area contributed by atoms with Gasteiger partial charge in [-0.05, 0) is 36.2 Å². The van der Waals surface area contributed by atoms with Gasteiger partial charge in [-0.2, -0.15) is 0 Å². The number of imidazole rings is 1. The van der Waals surface area contributed by atoms with E-state index in [-0.39, 0.29) is 30.3 Å². The van der Waals surface area contributed by atoms with Crippen molar-refractivity contribution in [3.63, 3.8) is 0 Å². The number of fused-ring (bicyclic) bond motifs is 1. The maximum Gasteiger partial charge on any atom is 0.240 e. The fourth-order valence-electron chi connectivity index (χ4n) is 3.88. The standard InChI is InChI=1S/C22H26N4O2/c1-15(2)22-25-18-5-3-4-6-20(18)26(22)12-21(27)24-19-14-28-13-17(19)11-16-7-9-23-10-8-16/h3-10,15,17,19H,11-14H2,1-2H3,(H,24,27)/t17-,19-/m1/s1. The van der Waals surface area contributed by atoms with E-state index in [1.807, 2.05) is 41.0 Å². The summed E-state index contributed by atoms with van der Waals surface area (Å²) in [7, 11) is 0. The Morgan fingerprint density at radius 2 is 2.00 bits per heavy atom. The highest BCUT2D eigenvalue weighted by Crippen LogP contribution is 2.22. The summed E-state index contributed by atoms with van der Waals surface area (Å²) in [6.45, 7) is 5.70. The molecule has 1 saturated heterocycles. The van der Waals surface area contributed by atoms with E-state index in [9.17, 15) is 4.79 Å². The van der Waals surface area contributed by atoms with Crippen LogP contribution in [0.25, 0.3) is 11.0 Å². The molecule has 4 rings (SSSR count). The summed E-state index contributed by atoms with van der Waals surface area (Å²) in [5, 5.41) is 3.19. The lowest BCUT2D eigenvalue weighted by Crippen LogP contribution is -2.42. The molecule has 6 heteroatoms. The molecule has 2 aromatic heterocycles. The van der Waals surface area contributed by atoms with Crippen LogP contribution in [-0.2, 0) is 22.5 Å². The van der Waals surface area contributed by atoms with E-state index in [1.54, 1.807) is 12.4 Å². The molecule has 2 atom stereocenters. The zero-order valence-electron chi connectivity index (χ0n) is 16.3. The molecular weight excluding hydrogens is 352 g/mol. The monoisotopic (exact) mass is 378 g/mol. The van der Waals surface area contributed by atoms with Gasteiger partial charge in [-0.25, -0.2) is 4.98 Å². The van der Waals surface area contributed by atoms with Crippen LogP contribution in [0.2, 0.25) is 0 Å². The van der Waals surface area contributed by atoms with Crippen LogP contribution in [0.1, 0.15) is 31.2 Å². The van der Waals surface area contributed by atoms with Crippen LogP contribution in [0.15, 0.2) is 48.8 Å². The summed E-state index contributed by atoms with van der Waals surface area (Å²) < 4.78 is 7.69. The third kappa shape index (κ3) is 3.92. The molecule has 0 unspecified atom stereocenters. The molecule has 1 aliphatic heterocycles. The zero-order valence-corrected chi connectivity index (χ0v) is 16.3. The molecular formula is C22H26N4O2. The zero-order chi connectivity index (χ0) is 19.5. The van der Waals surface area contributed by atoms with Gasteiger partial charge in [0.05, 0.1) is 30.3 Å². The number of amides is 1. The first-order valence-corrected chi connectivity index (χ1v) is 9.83. The molecule has 0 spiro atoms. The highest BCUT2D eigenvalue weighted by Gasteiger charge is 2.30. The highest BCUT2D eigenvalue weighted by molar-refractivity contribution is 5.81. The lowest BCUT2D eigenvalue weighted by molar-refractivity contribution is -0.122. The molecule has 0 bridgehead atoms. The lowest BCUT2D eigenvalue weighted by atomic mass is 9.95. The number of carbonyl (C=O) groups is 1. The Morgan fingerprint density at radius 1 is 1.21 bits per heavy atom. The molecule has 28 heavy (non-hydrogen) atoms. The molecule has 1 N–H and O–H groups in total. The van der Waals surface area contributed by atoms with Crippen molar-refractivity contribution >= 4 is 16.9 Å². The summed E-state index contributed by atoms with van der Waals surface area (Å²) >= 11 is 0. The number of para-hydroxylation sites is 2. The van der Waals surface area contributed by atoms with E-state index in [2.05, 4.69) is 24.1 Å². The predicted octanol–water partition coefficient (Wildman–Crippen LogP) is 2.93. The van der Waals surface area contributed by atoms with Gasteiger partial charge < -0.3 is 14.6 Å². The minimum Gasteiger partial charge on any atom is -0.379 e. The summed E-state index contributed by atoms with van der Waals surface area (Å²) in [4.78, 5) is 21.6. The van der Waals surface area contributed by atoms with E-state index in [0.717, 1.165) is 23.3 Å². The summed E-state index contributed by atoms with van der Waals surface area (Å²) in [5.41, 5.74) is 3.14. The predicted molar refractivity (Wildman–Crippen MR) is 108 cm³/mol. The number of hydrogen-bond acceptors (Lipinski definition) is 4. The first-order chi connectivity index (χ1) is 13.6. The molecule has 0 saturated carbocycles. The first-order valence-electron chi connectivity index (χ1n) is 9.83. The maximum absolute atomic E-state index is 12.9. The largest absolute Gasteiger partial charge is 0.379 e. The van der Waals surface area contributed by atoms with Crippen molar-refractivity contribution in [3.05, 3.63) is 60.2 Å². The quantitative estimate of drug-likeness (QED) is 0.716. The summed E-state index contributed by atoms with van der Waals surface area (Å²) in [6, 6.07) is 12.0. The van der Waals surface area contributed by atoms with E-state index in [1.165, 1.54) is 5.56 Å². The molecule has 1 fully saturated rings. The van der Waals surface area contributed by atoms with Gasteiger partial charge in [0.2, 0.25) is 5.91 Å². The van der Waals surface area contributed by atoms with Crippen molar-refractivity contribution in [3.8, 4) is 0 Å². The number of pyridine rings is 1. The van der Waals surface area contributed by atoms with Crippen molar-refractivity contribution in [1.82, 2.24) is 19.9 Å². The molecule has 1 amide bonds. The second-order valence-corrected chi connectivity index (χ2v) is 7.73. The number of carbonyl (C=O) groups excluding carboxylic acids is 1. The van der Waals surface area contributed by atoms with E-state index in [4.69, 9.17) is 9.72 Å². The Bertz CT molecular complexity index is 952. The van der Waals surface area contributed by atoms with Gasteiger partial charge in [0.15, 0.2) is 0 Å². The number of hydrogen-bond donors (Lipinski definition) is 1. The van der Waals surface area contributed by atoms with Crippen LogP contribution in [0, 0.1) is 5.92 Å².